The maximum Gasteiger partial charge on any atom is 0.246 e. The molecule has 0 aromatic rings. The molecule has 3 fully saturated rings. The molecular weight excluding hydrogens is 240 g/mol. The van der Waals surface area contributed by atoms with E-state index in [1.807, 2.05) is 11.8 Å². The number of hydrogen-bond donors (Lipinski definition) is 1. The Kier molecular flexibility index (Phi) is 3.50. The van der Waals surface area contributed by atoms with E-state index in [4.69, 9.17) is 0 Å². The molecule has 1 saturated heterocycles. The van der Waals surface area contributed by atoms with Crippen LogP contribution in [0.25, 0.3) is 0 Å². The summed E-state index contributed by atoms with van der Waals surface area (Å²) in [4.78, 5) is 26.7. The second kappa shape index (κ2) is 5.14. The quantitative estimate of drug-likeness (QED) is 0.774. The van der Waals surface area contributed by atoms with Crippen molar-refractivity contribution in [3.05, 3.63) is 0 Å². The third-order valence-corrected chi connectivity index (χ3v) is 4.93. The largest absolute Gasteiger partial charge is 0.342 e. The number of piperazine rings is 1. The molecule has 0 bridgehead atoms. The van der Waals surface area contributed by atoms with Crippen molar-refractivity contribution in [2.24, 2.45) is 5.92 Å². The molecule has 3 rings (SSSR count). The van der Waals surface area contributed by atoms with E-state index < -0.39 is 0 Å². The fraction of sp³-hybridized carbons (Fsp3) is 0.867. The van der Waals surface area contributed by atoms with Gasteiger partial charge in [0.25, 0.3) is 0 Å². The Bertz CT molecular complexity index is 370. The van der Waals surface area contributed by atoms with Crippen LogP contribution in [0.2, 0.25) is 0 Å². The SMILES string of the molecule is CC1C(=O)NC(C2CC2)C(=O)N1C1CCCCCC1. The average molecular weight is 264 g/mol. The van der Waals surface area contributed by atoms with E-state index >= 15 is 0 Å². The van der Waals surface area contributed by atoms with Crippen molar-refractivity contribution in [1.29, 1.82) is 0 Å². The van der Waals surface area contributed by atoms with E-state index in [9.17, 15) is 9.59 Å². The van der Waals surface area contributed by atoms with Gasteiger partial charge in [-0.2, -0.15) is 0 Å². The highest BCUT2D eigenvalue weighted by Gasteiger charge is 2.47. The van der Waals surface area contributed by atoms with E-state index in [1.54, 1.807) is 0 Å². The van der Waals surface area contributed by atoms with Gasteiger partial charge in [0, 0.05) is 6.04 Å². The zero-order valence-corrected chi connectivity index (χ0v) is 11.7. The minimum absolute atomic E-state index is 0.0424. The van der Waals surface area contributed by atoms with Crippen LogP contribution in [0, 0.1) is 5.92 Å². The van der Waals surface area contributed by atoms with Gasteiger partial charge in [-0.05, 0) is 38.5 Å². The summed E-state index contributed by atoms with van der Waals surface area (Å²) in [5, 5.41) is 2.93. The first-order valence-corrected chi connectivity index (χ1v) is 7.81. The van der Waals surface area contributed by atoms with Crippen LogP contribution in [-0.4, -0.2) is 34.8 Å². The van der Waals surface area contributed by atoms with E-state index in [-0.39, 0.29) is 29.9 Å². The van der Waals surface area contributed by atoms with Gasteiger partial charge in [-0.3, -0.25) is 9.59 Å². The molecule has 1 heterocycles. The molecule has 2 unspecified atom stereocenters. The third-order valence-electron chi connectivity index (χ3n) is 4.93. The van der Waals surface area contributed by atoms with Crippen molar-refractivity contribution in [1.82, 2.24) is 10.2 Å². The highest BCUT2D eigenvalue weighted by molar-refractivity contribution is 5.97. The first-order chi connectivity index (χ1) is 9.18. The highest BCUT2D eigenvalue weighted by Crippen LogP contribution is 2.36. The van der Waals surface area contributed by atoms with Crippen LogP contribution >= 0.6 is 0 Å². The standard InChI is InChI=1S/C15H24N2O2/c1-10-14(18)16-13(11-8-9-11)15(19)17(10)12-6-4-2-3-5-7-12/h10-13H,2-9H2,1H3,(H,16,18). The number of amides is 2. The van der Waals surface area contributed by atoms with Gasteiger partial charge >= 0.3 is 0 Å². The first-order valence-electron chi connectivity index (χ1n) is 7.81. The molecule has 19 heavy (non-hydrogen) atoms. The molecule has 106 valence electrons. The van der Waals surface area contributed by atoms with Gasteiger partial charge < -0.3 is 10.2 Å². The summed E-state index contributed by atoms with van der Waals surface area (Å²) in [5.41, 5.74) is 0. The summed E-state index contributed by atoms with van der Waals surface area (Å²) in [5.74, 6) is 0.625. The summed E-state index contributed by atoms with van der Waals surface area (Å²) in [6.45, 7) is 1.88. The Labute approximate surface area is 114 Å². The third kappa shape index (κ3) is 2.49. The van der Waals surface area contributed by atoms with Crippen molar-refractivity contribution in [2.75, 3.05) is 0 Å². The Morgan fingerprint density at radius 1 is 1.00 bits per heavy atom. The number of rotatable bonds is 2. The monoisotopic (exact) mass is 264 g/mol. The summed E-state index contributed by atoms with van der Waals surface area (Å²) in [6.07, 6.45) is 9.23. The van der Waals surface area contributed by atoms with E-state index in [0.717, 1.165) is 25.7 Å². The molecular formula is C15H24N2O2. The van der Waals surface area contributed by atoms with Crippen molar-refractivity contribution < 1.29 is 9.59 Å². The lowest BCUT2D eigenvalue weighted by Gasteiger charge is -2.42. The first kappa shape index (κ1) is 12.9. The fourth-order valence-electron chi connectivity index (χ4n) is 3.59. The molecule has 2 atom stereocenters. The summed E-state index contributed by atoms with van der Waals surface area (Å²) in [7, 11) is 0. The molecule has 0 spiro atoms. The van der Waals surface area contributed by atoms with Crippen LogP contribution in [-0.2, 0) is 9.59 Å². The normalized spacial score (nSPS) is 34.1. The van der Waals surface area contributed by atoms with Crippen LogP contribution in [0.5, 0.6) is 0 Å². The van der Waals surface area contributed by atoms with E-state index in [0.29, 0.717) is 5.92 Å². The van der Waals surface area contributed by atoms with Gasteiger partial charge in [0.05, 0.1) is 0 Å². The maximum atomic E-state index is 12.7. The molecule has 3 aliphatic rings. The predicted molar refractivity (Wildman–Crippen MR) is 72.5 cm³/mol. The van der Waals surface area contributed by atoms with Gasteiger partial charge in [0.1, 0.15) is 12.1 Å². The molecule has 2 amide bonds. The second-order valence-corrected chi connectivity index (χ2v) is 6.39. The zero-order chi connectivity index (χ0) is 13.4. The van der Waals surface area contributed by atoms with Crippen molar-refractivity contribution in [3.63, 3.8) is 0 Å². The maximum absolute atomic E-state index is 12.7. The molecule has 1 N–H and O–H groups in total. The number of nitrogens with one attached hydrogen (secondary N) is 1. The summed E-state index contributed by atoms with van der Waals surface area (Å²) in [6, 6.07) is -0.227. The summed E-state index contributed by atoms with van der Waals surface area (Å²) < 4.78 is 0. The molecule has 4 heteroatoms. The second-order valence-electron chi connectivity index (χ2n) is 6.39. The Morgan fingerprint density at radius 2 is 1.63 bits per heavy atom. The lowest BCUT2D eigenvalue weighted by atomic mass is 9.98. The van der Waals surface area contributed by atoms with Crippen molar-refractivity contribution in [3.8, 4) is 0 Å². The van der Waals surface area contributed by atoms with E-state index in [1.165, 1.54) is 25.7 Å². The molecule has 2 saturated carbocycles. The van der Waals surface area contributed by atoms with Crippen molar-refractivity contribution in [2.45, 2.75) is 76.4 Å². The molecule has 1 aliphatic heterocycles. The van der Waals surface area contributed by atoms with Crippen LogP contribution in [0.4, 0.5) is 0 Å². The van der Waals surface area contributed by atoms with Gasteiger partial charge in [0.2, 0.25) is 11.8 Å². The highest BCUT2D eigenvalue weighted by atomic mass is 16.2. The lowest BCUT2D eigenvalue weighted by molar-refractivity contribution is -0.152. The van der Waals surface area contributed by atoms with Crippen molar-refractivity contribution >= 4 is 11.8 Å². The minimum Gasteiger partial charge on any atom is -0.342 e. The minimum atomic E-state index is -0.286. The summed E-state index contributed by atoms with van der Waals surface area (Å²) >= 11 is 0. The molecule has 2 aliphatic carbocycles. The average Bonchev–Trinajstić information content (AvgIpc) is 3.21. The molecule has 0 aromatic carbocycles. The van der Waals surface area contributed by atoms with Crippen LogP contribution < -0.4 is 5.32 Å². The van der Waals surface area contributed by atoms with E-state index in [2.05, 4.69) is 5.32 Å². The number of hydrogen-bond acceptors (Lipinski definition) is 2. The molecule has 4 nitrogen and oxygen atoms in total. The van der Waals surface area contributed by atoms with Gasteiger partial charge in [-0.1, -0.05) is 25.7 Å². The topological polar surface area (TPSA) is 49.4 Å². The van der Waals surface area contributed by atoms with Crippen LogP contribution in [0.3, 0.4) is 0 Å². The van der Waals surface area contributed by atoms with Crippen LogP contribution in [0.15, 0.2) is 0 Å². The van der Waals surface area contributed by atoms with Gasteiger partial charge in [0.15, 0.2) is 0 Å². The number of carbonyl (C=O) groups excluding carboxylic acids is 2. The van der Waals surface area contributed by atoms with Crippen LogP contribution in [0.1, 0.15) is 58.3 Å². The molecule has 0 aromatic heterocycles. The number of nitrogens with zero attached hydrogens (tertiary/aromatic N) is 1. The van der Waals surface area contributed by atoms with Gasteiger partial charge in [-0.15, -0.1) is 0 Å². The lowest BCUT2D eigenvalue weighted by Crippen LogP contribution is -2.65. The predicted octanol–water partition coefficient (Wildman–Crippen LogP) is 1.83. The fourth-order valence-corrected chi connectivity index (χ4v) is 3.59. The number of carbonyl (C=O) groups is 2. The Hall–Kier alpha value is -1.06. The smallest absolute Gasteiger partial charge is 0.246 e. The molecule has 0 radical (unpaired) electrons. The Balaban J connectivity index is 1.78. The zero-order valence-electron chi connectivity index (χ0n) is 11.7. The Morgan fingerprint density at radius 3 is 2.21 bits per heavy atom. The van der Waals surface area contributed by atoms with Gasteiger partial charge in [-0.25, -0.2) is 0 Å².